The highest BCUT2D eigenvalue weighted by Crippen LogP contribution is 2.37. The van der Waals surface area contributed by atoms with Crippen LogP contribution in [0.15, 0.2) is 18.2 Å². The lowest BCUT2D eigenvalue weighted by Gasteiger charge is -2.14. The molecule has 0 saturated carbocycles. The van der Waals surface area contributed by atoms with Crippen molar-refractivity contribution >= 4 is 22.2 Å². The van der Waals surface area contributed by atoms with Gasteiger partial charge in [-0.1, -0.05) is 0 Å². The molecule has 1 aromatic carbocycles. The van der Waals surface area contributed by atoms with Gasteiger partial charge in [-0.2, -0.15) is 31.6 Å². The van der Waals surface area contributed by atoms with Crippen LogP contribution in [0.5, 0.6) is 0 Å². The quantitative estimate of drug-likeness (QED) is 0.684. The van der Waals surface area contributed by atoms with Crippen molar-refractivity contribution in [3.05, 3.63) is 50.9 Å². The van der Waals surface area contributed by atoms with Gasteiger partial charge in [0.1, 0.15) is 11.1 Å². The highest BCUT2D eigenvalue weighted by molar-refractivity contribution is 7.16. The van der Waals surface area contributed by atoms with E-state index in [0.29, 0.717) is 22.6 Å². The zero-order chi connectivity index (χ0) is 19.9. The number of rotatable bonds is 2. The fourth-order valence-corrected chi connectivity index (χ4v) is 3.12. The van der Waals surface area contributed by atoms with E-state index in [4.69, 9.17) is 5.26 Å². The Labute approximate surface area is 147 Å². The fourth-order valence-electron chi connectivity index (χ4n) is 2.11. The summed E-state index contributed by atoms with van der Waals surface area (Å²) < 4.78 is 77.2. The maximum atomic E-state index is 12.9. The van der Waals surface area contributed by atoms with Crippen LogP contribution in [-0.4, -0.2) is 5.91 Å². The summed E-state index contributed by atoms with van der Waals surface area (Å²) in [5.41, 5.74) is -3.29. The van der Waals surface area contributed by atoms with E-state index >= 15 is 0 Å². The fraction of sp³-hybridized carbons (Fsp3) is 0.250. The van der Waals surface area contributed by atoms with Gasteiger partial charge in [0.25, 0.3) is 5.91 Å². The van der Waals surface area contributed by atoms with Crippen LogP contribution in [0.3, 0.4) is 0 Å². The van der Waals surface area contributed by atoms with Crippen LogP contribution in [0, 0.1) is 25.2 Å². The van der Waals surface area contributed by atoms with E-state index < -0.39 is 35.0 Å². The van der Waals surface area contributed by atoms with Gasteiger partial charge in [-0.15, -0.1) is 11.3 Å². The molecular weight excluding hydrogens is 382 g/mol. The molecule has 1 N–H and O–H groups in total. The molecule has 0 unspecified atom stereocenters. The first-order chi connectivity index (χ1) is 11.8. The summed E-state index contributed by atoms with van der Waals surface area (Å²) in [5, 5.41) is 11.4. The predicted octanol–water partition coefficient (Wildman–Crippen LogP) is 5.53. The molecule has 10 heteroatoms. The molecular formula is C16H10F6N2OS. The molecule has 3 nitrogen and oxygen atoms in total. The summed E-state index contributed by atoms with van der Waals surface area (Å²) in [4.78, 5) is 12.9. The number of aryl methyl sites for hydroxylation is 1. The number of hydrogen-bond acceptors (Lipinski definition) is 3. The normalized spacial score (nSPS) is 12.0. The Morgan fingerprint density at radius 2 is 1.54 bits per heavy atom. The van der Waals surface area contributed by atoms with E-state index in [1.165, 1.54) is 0 Å². The van der Waals surface area contributed by atoms with Crippen LogP contribution in [0.2, 0.25) is 0 Å². The molecule has 1 heterocycles. The summed E-state index contributed by atoms with van der Waals surface area (Å²) in [5.74, 6) is -1.17. The van der Waals surface area contributed by atoms with Crippen molar-refractivity contribution in [2.45, 2.75) is 26.2 Å². The van der Waals surface area contributed by atoms with Crippen LogP contribution >= 0.6 is 11.3 Å². The Balaban J connectivity index is 2.49. The van der Waals surface area contributed by atoms with Gasteiger partial charge in [-0.25, -0.2) is 0 Å². The molecule has 1 amide bonds. The Bertz CT molecular complexity index is 873. The molecule has 0 fully saturated rings. The molecule has 138 valence electrons. The molecule has 0 aliphatic carbocycles. The minimum atomic E-state index is -5.05. The number of carbonyl (C=O) groups is 1. The molecule has 0 aliphatic rings. The first-order valence-corrected chi connectivity index (χ1v) is 7.77. The van der Waals surface area contributed by atoms with E-state index in [1.807, 2.05) is 6.07 Å². The number of nitrogens with zero attached hydrogens (tertiary/aromatic N) is 1. The van der Waals surface area contributed by atoms with Gasteiger partial charge in [0.2, 0.25) is 0 Å². The highest BCUT2D eigenvalue weighted by Gasteiger charge is 2.37. The van der Waals surface area contributed by atoms with Crippen molar-refractivity contribution in [3.63, 3.8) is 0 Å². The number of nitriles is 1. The summed E-state index contributed by atoms with van der Waals surface area (Å²) in [6, 6.07) is 2.46. The number of nitrogens with one attached hydrogen (secondary N) is 1. The molecule has 1 aromatic heterocycles. The lowest BCUT2D eigenvalue weighted by molar-refractivity contribution is -0.143. The van der Waals surface area contributed by atoms with E-state index in [-0.39, 0.29) is 16.6 Å². The molecule has 26 heavy (non-hydrogen) atoms. The second-order valence-electron chi connectivity index (χ2n) is 5.35. The standard InChI is InChI=1S/C16H10F6N2OS/c1-7-8(2)26-14(12(7)6-23)24-13(25)9-3-10(15(17,18)19)5-11(4-9)16(20,21)22/h3-5H,1-2H3,(H,24,25). The van der Waals surface area contributed by atoms with Crippen LogP contribution in [0.25, 0.3) is 0 Å². The average Bonchev–Trinajstić information content (AvgIpc) is 2.78. The summed E-state index contributed by atoms with van der Waals surface area (Å²) in [6.45, 7) is 3.29. The molecule has 0 spiro atoms. The zero-order valence-electron chi connectivity index (χ0n) is 13.3. The minimum Gasteiger partial charge on any atom is -0.312 e. The van der Waals surface area contributed by atoms with Crippen molar-refractivity contribution in [2.75, 3.05) is 5.32 Å². The molecule has 2 rings (SSSR count). The van der Waals surface area contributed by atoms with Gasteiger partial charge < -0.3 is 5.32 Å². The van der Waals surface area contributed by atoms with Crippen molar-refractivity contribution in [3.8, 4) is 6.07 Å². The number of alkyl halides is 6. The molecule has 0 radical (unpaired) electrons. The lowest BCUT2D eigenvalue weighted by atomic mass is 10.0. The summed E-state index contributed by atoms with van der Waals surface area (Å²) >= 11 is 1.01. The van der Waals surface area contributed by atoms with Gasteiger partial charge in [0, 0.05) is 10.4 Å². The average molecular weight is 392 g/mol. The number of amides is 1. The Kier molecular flexibility index (Phi) is 5.05. The minimum absolute atomic E-state index is 0.0586. The second kappa shape index (κ2) is 6.64. The van der Waals surface area contributed by atoms with Crippen molar-refractivity contribution in [1.82, 2.24) is 0 Å². The molecule has 0 saturated heterocycles. The zero-order valence-corrected chi connectivity index (χ0v) is 14.1. The maximum absolute atomic E-state index is 12.9. The molecule has 0 bridgehead atoms. The van der Waals surface area contributed by atoms with Crippen LogP contribution in [0.4, 0.5) is 31.3 Å². The Morgan fingerprint density at radius 3 is 1.96 bits per heavy atom. The number of thiophene rings is 1. The Hall–Kier alpha value is -2.54. The second-order valence-corrected chi connectivity index (χ2v) is 6.57. The van der Waals surface area contributed by atoms with Gasteiger partial charge in [-0.3, -0.25) is 4.79 Å². The lowest BCUT2D eigenvalue weighted by Crippen LogP contribution is -2.17. The van der Waals surface area contributed by atoms with E-state index in [2.05, 4.69) is 5.32 Å². The van der Waals surface area contributed by atoms with Crippen LogP contribution < -0.4 is 5.32 Å². The number of benzene rings is 1. The predicted molar refractivity (Wildman–Crippen MR) is 82.9 cm³/mol. The number of carbonyl (C=O) groups excluding carboxylic acids is 1. The van der Waals surface area contributed by atoms with Crippen LogP contribution in [0.1, 0.15) is 37.5 Å². The number of hydrogen-bond donors (Lipinski definition) is 1. The van der Waals surface area contributed by atoms with Crippen molar-refractivity contribution < 1.29 is 31.1 Å². The first-order valence-electron chi connectivity index (χ1n) is 6.95. The third-order valence-electron chi connectivity index (χ3n) is 3.57. The topological polar surface area (TPSA) is 52.9 Å². The smallest absolute Gasteiger partial charge is 0.312 e. The number of anilines is 1. The summed E-state index contributed by atoms with van der Waals surface area (Å²) in [7, 11) is 0. The molecule has 0 aliphatic heterocycles. The van der Waals surface area contributed by atoms with Gasteiger partial charge in [-0.05, 0) is 37.6 Å². The first kappa shape index (κ1) is 19.8. The molecule has 2 aromatic rings. The molecule has 0 atom stereocenters. The largest absolute Gasteiger partial charge is 0.416 e. The van der Waals surface area contributed by atoms with Gasteiger partial charge in [0.15, 0.2) is 0 Å². The van der Waals surface area contributed by atoms with Crippen molar-refractivity contribution in [1.29, 1.82) is 5.26 Å². The highest BCUT2D eigenvalue weighted by atomic mass is 32.1. The van der Waals surface area contributed by atoms with Crippen molar-refractivity contribution in [2.24, 2.45) is 0 Å². The van der Waals surface area contributed by atoms with E-state index in [9.17, 15) is 31.1 Å². The van der Waals surface area contributed by atoms with E-state index in [1.54, 1.807) is 13.8 Å². The van der Waals surface area contributed by atoms with E-state index in [0.717, 1.165) is 11.3 Å². The van der Waals surface area contributed by atoms with Crippen LogP contribution in [-0.2, 0) is 12.4 Å². The maximum Gasteiger partial charge on any atom is 0.416 e. The van der Waals surface area contributed by atoms with Gasteiger partial charge >= 0.3 is 12.4 Å². The van der Waals surface area contributed by atoms with Gasteiger partial charge in [0.05, 0.1) is 16.7 Å². The monoisotopic (exact) mass is 392 g/mol. The summed E-state index contributed by atoms with van der Waals surface area (Å²) in [6.07, 6.45) is -10.1. The SMILES string of the molecule is Cc1sc(NC(=O)c2cc(C(F)(F)F)cc(C(F)(F)F)c2)c(C#N)c1C. The number of halogens is 6. The third-order valence-corrected chi connectivity index (χ3v) is 4.70. The Morgan fingerprint density at radius 1 is 1.04 bits per heavy atom. The third kappa shape index (κ3) is 3.99.